The third kappa shape index (κ3) is 4.42. The van der Waals surface area contributed by atoms with E-state index in [1.54, 1.807) is 0 Å². The van der Waals surface area contributed by atoms with E-state index in [9.17, 15) is 4.39 Å². The fourth-order valence-electron chi connectivity index (χ4n) is 3.75. The van der Waals surface area contributed by atoms with Gasteiger partial charge in [-0.1, -0.05) is 0 Å². The molecule has 2 N–H and O–H groups in total. The number of piperazine rings is 1. The van der Waals surface area contributed by atoms with Crippen molar-refractivity contribution >= 4 is 23.0 Å². The predicted molar refractivity (Wildman–Crippen MR) is 110 cm³/mol. The highest BCUT2D eigenvalue weighted by atomic mass is 32.1. The average molecular weight is 388 g/mol. The van der Waals surface area contributed by atoms with Gasteiger partial charge in [0.25, 0.3) is 0 Å². The summed E-state index contributed by atoms with van der Waals surface area (Å²) in [6.07, 6.45) is 1.15. The first-order valence-electron chi connectivity index (χ1n) is 9.52. The lowest BCUT2D eigenvalue weighted by Gasteiger charge is -2.36. The van der Waals surface area contributed by atoms with Crippen LogP contribution in [0.2, 0.25) is 0 Å². The predicted octanol–water partition coefficient (Wildman–Crippen LogP) is 2.38. The molecule has 0 bridgehead atoms. The van der Waals surface area contributed by atoms with Crippen LogP contribution in [0.3, 0.4) is 0 Å². The Hall–Kier alpha value is -2.12. The summed E-state index contributed by atoms with van der Waals surface area (Å²) < 4.78 is 13.1. The Bertz CT molecular complexity index is 780. The van der Waals surface area contributed by atoms with Crippen molar-refractivity contribution in [1.82, 2.24) is 9.80 Å². The number of hydrogen-bond acceptors (Lipinski definition) is 4. The van der Waals surface area contributed by atoms with Crippen molar-refractivity contribution in [1.29, 1.82) is 0 Å². The Morgan fingerprint density at radius 1 is 1.07 bits per heavy atom. The average Bonchev–Trinajstić information content (AvgIpc) is 3.16. The Kier molecular flexibility index (Phi) is 5.59. The molecular formula is C20H26FN5S. The van der Waals surface area contributed by atoms with Gasteiger partial charge in [0.05, 0.1) is 6.54 Å². The normalized spacial score (nSPS) is 18.6. The first-order valence-corrected chi connectivity index (χ1v) is 10.4. The number of hydrogen-bond donors (Lipinski definition) is 1. The zero-order valence-corrected chi connectivity index (χ0v) is 16.3. The largest absolute Gasteiger partial charge is 0.370 e. The molecule has 5 nitrogen and oxygen atoms in total. The molecule has 2 aromatic rings. The molecule has 1 aromatic carbocycles. The summed E-state index contributed by atoms with van der Waals surface area (Å²) in [5, 5.41) is 2.19. The minimum Gasteiger partial charge on any atom is -0.370 e. The lowest BCUT2D eigenvalue weighted by atomic mass is 10.1. The van der Waals surface area contributed by atoms with Gasteiger partial charge in [0.1, 0.15) is 5.82 Å². The molecule has 1 aromatic heterocycles. The number of thiophene rings is 1. The highest BCUT2D eigenvalue weighted by molar-refractivity contribution is 7.10. The maximum absolute atomic E-state index is 13.1. The molecule has 7 heteroatoms. The van der Waals surface area contributed by atoms with Crippen LogP contribution >= 0.6 is 11.3 Å². The highest BCUT2D eigenvalue weighted by Gasteiger charge is 2.19. The van der Waals surface area contributed by atoms with Gasteiger partial charge in [-0.25, -0.2) is 4.39 Å². The molecular weight excluding hydrogens is 361 g/mol. The van der Waals surface area contributed by atoms with Gasteiger partial charge in [-0.2, -0.15) is 0 Å². The van der Waals surface area contributed by atoms with E-state index < -0.39 is 0 Å². The number of halogens is 1. The maximum Gasteiger partial charge on any atom is 0.191 e. The van der Waals surface area contributed by atoms with Crippen LogP contribution < -0.4 is 10.6 Å². The molecule has 0 radical (unpaired) electrons. The molecule has 4 rings (SSSR count). The van der Waals surface area contributed by atoms with Crippen molar-refractivity contribution in [3.05, 3.63) is 52.0 Å². The van der Waals surface area contributed by atoms with Gasteiger partial charge in [-0.15, -0.1) is 11.3 Å². The lowest BCUT2D eigenvalue weighted by molar-refractivity contribution is 0.263. The molecule has 1 saturated heterocycles. The second kappa shape index (κ2) is 8.27. The van der Waals surface area contributed by atoms with Crippen LogP contribution in [0.4, 0.5) is 10.1 Å². The minimum atomic E-state index is -0.197. The summed E-state index contributed by atoms with van der Waals surface area (Å²) in [4.78, 5) is 13.0. The van der Waals surface area contributed by atoms with E-state index in [1.807, 2.05) is 23.5 Å². The van der Waals surface area contributed by atoms with Gasteiger partial charge in [0.2, 0.25) is 0 Å². The van der Waals surface area contributed by atoms with Crippen molar-refractivity contribution in [2.24, 2.45) is 10.7 Å². The molecule has 2 aliphatic heterocycles. The number of fused-ring (bicyclic) bond motifs is 1. The number of nitrogens with two attached hydrogens (primary N) is 1. The fraction of sp³-hybridized carbons (Fsp3) is 0.450. The van der Waals surface area contributed by atoms with Crippen molar-refractivity contribution in [3.8, 4) is 0 Å². The number of anilines is 1. The monoisotopic (exact) mass is 387 g/mol. The van der Waals surface area contributed by atoms with Gasteiger partial charge in [0, 0.05) is 56.4 Å². The molecule has 3 heterocycles. The lowest BCUT2D eigenvalue weighted by Crippen LogP contribution is -2.51. The van der Waals surface area contributed by atoms with E-state index in [0.717, 1.165) is 64.5 Å². The van der Waals surface area contributed by atoms with Crippen molar-refractivity contribution in [2.45, 2.75) is 13.0 Å². The smallest absolute Gasteiger partial charge is 0.191 e. The molecule has 0 spiro atoms. The molecule has 1 fully saturated rings. The molecule has 0 aliphatic carbocycles. The van der Waals surface area contributed by atoms with E-state index >= 15 is 0 Å². The molecule has 144 valence electrons. The third-order valence-electron chi connectivity index (χ3n) is 5.37. The van der Waals surface area contributed by atoms with Crippen LogP contribution in [0.5, 0.6) is 0 Å². The van der Waals surface area contributed by atoms with Gasteiger partial charge in [0.15, 0.2) is 5.96 Å². The topological polar surface area (TPSA) is 48.1 Å². The first-order chi connectivity index (χ1) is 13.2. The highest BCUT2D eigenvalue weighted by Crippen LogP contribution is 2.23. The first kappa shape index (κ1) is 18.3. The van der Waals surface area contributed by atoms with Gasteiger partial charge in [-0.05, 0) is 47.7 Å². The van der Waals surface area contributed by atoms with Crippen LogP contribution in [0.15, 0.2) is 40.7 Å². The summed E-state index contributed by atoms with van der Waals surface area (Å²) in [6.45, 7) is 7.26. The zero-order valence-electron chi connectivity index (χ0n) is 15.5. The quantitative estimate of drug-likeness (QED) is 0.646. The number of aliphatic imine (C=N–C) groups is 1. The third-order valence-corrected chi connectivity index (χ3v) is 6.40. The van der Waals surface area contributed by atoms with Crippen LogP contribution in [0.25, 0.3) is 0 Å². The van der Waals surface area contributed by atoms with E-state index in [-0.39, 0.29) is 5.82 Å². The second-order valence-electron chi connectivity index (χ2n) is 7.09. The number of nitrogens with zero attached hydrogens (tertiary/aromatic N) is 4. The molecule has 0 atom stereocenters. The van der Waals surface area contributed by atoms with E-state index in [1.165, 1.54) is 22.6 Å². The maximum atomic E-state index is 13.1. The standard InChI is InChI=1S/C20H26FN5S/c21-17-1-3-18(4-2-17)25-10-12-26(13-11-25)20(22)23-7-9-24-8-5-19-16(15-24)6-14-27-19/h1-4,6,14H,5,7-13,15H2,(H2,22,23). The van der Waals surface area contributed by atoms with Crippen LogP contribution in [-0.2, 0) is 13.0 Å². The van der Waals surface area contributed by atoms with E-state index in [4.69, 9.17) is 5.73 Å². The van der Waals surface area contributed by atoms with Gasteiger partial charge >= 0.3 is 0 Å². The molecule has 0 amide bonds. The Labute approximate surface area is 163 Å². The Balaban J connectivity index is 1.23. The summed E-state index contributed by atoms with van der Waals surface area (Å²) in [5.74, 6) is 0.444. The Morgan fingerprint density at radius 3 is 2.63 bits per heavy atom. The summed E-state index contributed by atoms with van der Waals surface area (Å²) in [6, 6.07) is 8.93. The molecule has 2 aliphatic rings. The number of benzene rings is 1. The van der Waals surface area contributed by atoms with Gasteiger partial charge in [-0.3, -0.25) is 9.89 Å². The van der Waals surface area contributed by atoms with E-state index in [0.29, 0.717) is 5.96 Å². The zero-order chi connectivity index (χ0) is 18.6. The van der Waals surface area contributed by atoms with Crippen LogP contribution in [-0.4, -0.2) is 61.6 Å². The van der Waals surface area contributed by atoms with Crippen molar-refractivity contribution < 1.29 is 4.39 Å². The van der Waals surface area contributed by atoms with Crippen molar-refractivity contribution in [3.63, 3.8) is 0 Å². The van der Waals surface area contributed by atoms with E-state index in [2.05, 4.69) is 31.1 Å². The fourth-order valence-corrected chi connectivity index (χ4v) is 4.64. The number of guanidine groups is 1. The van der Waals surface area contributed by atoms with Crippen LogP contribution in [0.1, 0.15) is 10.4 Å². The summed E-state index contributed by atoms with van der Waals surface area (Å²) >= 11 is 1.87. The molecule has 0 saturated carbocycles. The molecule has 27 heavy (non-hydrogen) atoms. The van der Waals surface area contributed by atoms with Crippen LogP contribution in [0, 0.1) is 5.82 Å². The summed E-state index contributed by atoms with van der Waals surface area (Å²) in [5.41, 5.74) is 8.75. The van der Waals surface area contributed by atoms with Crippen molar-refractivity contribution in [2.75, 3.05) is 50.7 Å². The molecule has 0 unspecified atom stereocenters. The second-order valence-corrected chi connectivity index (χ2v) is 8.09. The summed E-state index contributed by atoms with van der Waals surface area (Å²) in [7, 11) is 0. The number of rotatable bonds is 4. The van der Waals surface area contributed by atoms with Gasteiger partial charge < -0.3 is 15.5 Å². The Morgan fingerprint density at radius 2 is 1.85 bits per heavy atom. The SMILES string of the molecule is NC(=NCCN1CCc2sccc2C1)N1CCN(c2ccc(F)cc2)CC1. The minimum absolute atomic E-state index is 0.197.